The zero-order valence-corrected chi connectivity index (χ0v) is 20.6. The molecule has 1 N–H and O–H groups in total. The maximum Gasteiger partial charge on any atom is 0.258 e. The van der Waals surface area contributed by atoms with Gasteiger partial charge in [0.25, 0.3) is 5.89 Å². The Labute approximate surface area is 200 Å². The smallest absolute Gasteiger partial charge is 0.258 e. The summed E-state index contributed by atoms with van der Waals surface area (Å²) in [7, 11) is 1.66. The van der Waals surface area contributed by atoms with Crippen LogP contribution in [0.15, 0.2) is 58.8 Å². The second-order valence-corrected chi connectivity index (χ2v) is 9.16. The van der Waals surface area contributed by atoms with Gasteiger partial charge in [-0.2, -0.15) is 4.98 Å². The lowest BCUT2D eigenvalue weighted by molar-refractivity contribution is 0.390. The minimum Gasteiger partial charge on any atom is -0.497 e. The van der Waals surface area contributed by atoms with Crippen molar-refractivity contribution in [1.29, 1.82) is 0 Å². The van der Waals surface area contributed by atoms with Crippen LogP contribution >= 0.6 is 12.2 Å². The van der Waals surface area contributed by atoms with E-state index in [1.807, 2.05) is 48.5 Å². The van der Waals surface area contributed by atoms with Gasteiger partial charge in [-0.3, -0.25) is 0 Å². The molecule has 1 aliphatic rings. The van der Waals surface area contributed by atoms with E-state index in [4.69, 9.17) is 26.5 Å². The molecule has 0 saturated carbocycles. The van der Waals surface area contributed by atoms with Crippen molar-refractivity contribution in [3.05, 3.63) is 71.2 Å². The fourth-order valence-corrected chi connectivity index (χ4v) is 4.26. The summed E-state index contributed by atoms with van der Waals surface area (Å²) >= 11 is 5.77. The molecule has 0 saturated heterocycles. The molecule has 0 radical (unpaired) electrons. The van der Waals surface area contributed by atoms with Gasteiger partial charge >= 0.3 is 0 Å². The van der Waals surface area contributed by atoms with Crippen LogP contribution in [0.5, 0.6) is 5.75 Å². The fraction of sp³-hybridized carbons (Fsp3) is 0.346. The molecule has 1 atom stereocenters. The normalized spacial score (nSPS) is 16.4. The average molecular weight is 463 g/mol. The van der Waals surface area contributed by atoms with Gasteiger partial charge < -0.3 is 19.5 Å². The molecular weight excluding hydrogens is 432 g/mol. The second kappa shape index (κ2) is 9.75. The van der Waals surface area contributed by atoms with Gasteiger partial charge in [0.05, 0.1) is 18.7 Å². The highest BCUT2D eigenvalue weighted by atomic mass is 32.1. The predicted octanol–water partition coefficient (Wildman–Crippen LogP) is 5.76. The largest absolute Gasteiger partial charge is 0.497 e. The van der Waals surface area contributed by atoms with Crippen molar-refractivity contribution in [2.75, 3.05) is 13.7 Å². The number of ether oxygens (including phenoxy) is 1. The zero-order chi connectivity index (χ0) is 23.5. The van der Waals surface area contributed by atoms with Gasteiger partial charge in [-0.05, 0) is 56.1 Å². The Morgan fingerprint density at radius 1 is 1.09 bits per heavy atom. The van der Waals surface area contributed by atoms with E-state index in [0.717, 1.165) is 41.1 Å². The number of rotatable bonds is 7. The van der Waals surface area contributed by atoms with E-state index in [9.17, 15) is 0 Å². The third kappa shape index (κ3) is 4.93. The number of aryl methyl sites for hydroxylation is 1. The first kappa shape index (κ1) is 23.0. The topological polar surface area (TPSA) is 63.4 Å². The first-order valence-electron chi connectivity index (χ1n) is 11.2. The van der Waals surface area contributed by atoms with Crippen LogP contribution in [-0.2, 0) is 0 Å². The minimum atomic E-state index is -0.204. The number of nitrogens with one attached hydrogen (secondary N) is 1. The highest BCUT2D eigenvalue weighted by molar-refractivity contribution is 7.80. The van der Waals surface area contributed by atoms with Crippen molar-refractivity contribution in [2.45, 2.75) is 40.2 Å². The SMILES string of the molecule is COc1ccc(C2NC(=S)N(CCC(C)C)C(C)=C2c2nc(-c3ccc(C)cc3)no2)cc1. The summed E-state index contributed by atoms with van der Waals surface area (Å²) in [6.45, 7) is 9.39. The predicted molar refractivity (Wildman–Crippen MR) is 135 cm³/mol. The number of allylic oxidation sites excluding steroid dienone is 1. The third-order valence-corrected chi connectivity index (χ3v) is 6.28. The Balaban J connectivity index is 1.77. The Kier molecular flexibility index (Phi) is 6.79. The molecule has 0 bridgehead atoms. The van der Waals surface area contributed by atoms with E-state index < -0.39 is 0 Å². The van der Waals surface area contributed by atoms with Gasteiger partial charge in [0.2, 0.25) is 5.82 Å². The van der Waals surface area contributed by atoms with Crippen LogP contribution in [0.1, 0.15) is 50.3 Å². The summed E-state index contributed by atoms with van der Waals surface area (Å²) in [5.74, 6) is 2.44. The summed E-state index contributed by atoms with van der Waals surface area (Å²) in [5, 5.41) is 8.50. The summed E-state index contributed by atoms with van der Waals surface area (Å²) < 4.78 is 11.1. The van der Waals surface area contributed by atoms with Gasteiger partial charge in [0.15, 0.2) is 5.11 Å². The standard InChI is InChI=1S/C26H30N4O2S/c1-16(2)14-15-30-18(4)22(23(27-26(30)33)19-10-12-21(31-5)13-11-19)25-28-24(29-32-25)20-8-6-17(3)7-9-20/h6-13,16,23H,14-15H2,1-5H3,(H,27,33). The van der Waals surface area contributed by atoms with E-state index in [-0.39, 0.29) is 6.04 Å². The van der Waals surface area contributed by atoms with Crippen LogP contribution < -0.4 is 10.1 Å². The summed E-state index contributed by atoms with van der Waals surface area (Å²) in [5.41, 5.74) is 5.12. The number of thiocarbonyl (C=S) groups is 1. The Morgan fingerprint density at radius 2 is 1.79 bits per heavy atom. The van der Waals surface area contributed by atoms with Crippen molar-refractivity contribution >= 4 is 22.9 Å². The van der Waals surface area contributed by atoms with E-state index in [0.29, 0.717) is 22.7 Å². The first-order valence-corrected chi connectivity index (χ1v) is 11.6. The van der Waals surface area contributed by atoms with Crippen molar-refractivity contribution in [2.24, 2.45) is 5.92 Å². The lowest BCUT2D eigenvalue weighted by atomic mass is 9.94. The molecule has 0 fully saturated rings. The van der Waals surface area contributed by atoms with E-state index in [1.165, 1.54) is 5.56 Å². The fourth-order valence-electron chi connectivity index (χ4n) is 3.91. The molecule has 0 amide bonds. The molecule has 1 aliphatic heterocycles. The van der Waals surface area contributed by atoms with E-state index in [2.05, 4.69) is 43.1 Å². The number of methoxy groups -OCH3 is 1. The molecule has 0 aliphatic carbocycles. The van der Waals surface area contributed by atoms with Crippen LogP contribution in [-0.4, -0.2) is 33.8 Å². The van der Waals surface area contributed by atoms with Crippen LogP contribution in [0, 0.1) is 12.8 Å². The van der Waals surface area contributed by atoms with Crippen LogP contribution in [0.25, 0.3) is 17.0 Å². The molecule has 3 aromatic rings. The summed E-state index contributed by atoms with van der Waals surface area (Å²) in [6, 6.07) is 15.9. The van der Waals surface area contributed by atoms with Gasteiger partial charge in [-0.1, -0.05) is 61.0 Å². The second-order valence-electron chi connectivity index (χ2n) is 8.78. The van der Waals surface area contributed by atoms with Gasteiger partial charge in [0.1, 0.15) is 5.75 Å². The van der Waals surface area contributed by atoms with Gasteiger partial charge in [-0.15, -0.1) is 0 Å². The van der Waals surface area contributed by atoms with E-state index in [1.54, 1.807) is 7.11 Å². The lowest BCUT2D eigenvalue weighted by Gasteiger charge is -2.37. The average Bonchev–Trinajstić information content (AvgIpc) is 3.28. The molecule has 2 heterocycles. The third-order valence-electron chi connectivity index (χ3n) is 5.94. The highest BCUT2D eigenvalue weighted by Gasteiger charge is 2.34. The van der Waals surface area contributed by atoms with E-state index >= 15 is 0 Å². The zero-order valence-electron chi connectivity index (χ0n) is 19.8. The van der Waals surface area contributed by atoms with Crippen molar-refractivity contribution in [3.63, 3.8) is 0 Å². The summed E-state index contributed by atoms with van der Waals surface area (Å²) in [6.07, 6.45) is 1.03. The number of aromatic nitrogens is 2. The quantitative estimate of drug-likeness (QED) is 0.448. The lowest BCUT2D eigenvalue weighted by Crippen LogP contribution is -2.46. The van der Waals surface area contributed by atoms with Gasteiger partial charge in [0, 0.05) is 17.8 Å². The first-order chi connectivity index (χ1) is 15.9. The molecule has 172 valence electrons. The van der Waals surface area contributed by atoms with Crippen LogP contribution in [0.4, 0.5) is 0 Å². The molecule has 33 heavy (non-hydrogen) atoms. The molecule has 1 aromatic heterocycles. The van der Waals surface area contributed by atoms with Gasteiger partial charge in [-0.25, -0.2) is 0 Å². The van der Waals surface area contributed by atoms with Crippen molar-refractivity contribution < 1.29 is 9.26 Å². The molecule has 1 unspecified atom stereocenters. The Hall–Kier alpha value is -3.19. The maximum atomic E-state index is 5.81. The Bertz CT molecular complexity index is 1150. The monoisotopic (exact) mass is 462 g/mol. The highest BCUT2D eigenvalue weighted by Crippen LogP contribution is 2.38. The number of hydrogen-bond donors (Lipinski definition) is 1. The molecule has 7 heteroatoms. The molecule has 2 aromatic carbocycles. The number of hydrogen-bond acceptors (Lipinski definition) is 5. The van der Waals surface area contributed by atoms with Crippen molar-refractivity contribution in [3.8, 4) is 17.1 Å². The maximum absolute atomic E-state index is 5.81. The van der Waals surface area contributed by atoms with Crippen molar-refractivity contribution in [1.82, 2.24) is 20.4 Å². The Morgan fingerprint density at radius 3 is 2.42 bits per heavy atom. The molecule has 4 rings (SSSR count). The van der Waals surface area contributed by atoms with Crippen LogP contribution in [0.2, 0.25) is 0 Å². The van der Waals surface area contributed by atoms with Crippen LogP contribution in [0.3, 0.4) is 0 Å². The number of nitrogens with zero attached hydrogens (tertiary/aromatic N) is 3. The number of benzene rings is 2. The summed E-state index contributed by atoms with van der Waals surface area (Å²) in [4.78, 5) is 6.92. The molecule has 6 nitrogen and oxygen atoms in total. The minimum absolute atomic E-state index is 0.204. The molecular formula is C26H30N4O2S. The molecule has 0 spiro atoms.